The zero-order chi connectivity index (χ0) is 22.7. The molecule has 0 amide bonds. The molecule has 32 heavy (non-hydrogen) atoms. The van der Waals surface area contributed by atoms with Gasteiger partial charge in [0.15, 0.2) is 0 Å². The van der Waals surface area contributed by atoms with Gasteiger partial charge in [0.05, 0.1) is 12.2 Å². The Morgan fingerprint density at radius 3 is 1.25 bits per heavy atom. The van der Waals surface area contributed by atoms with Crippen LogP contribution in [0.3, 0.4) is 0 Å². The van der Waals surface area contributed by atoms with Gasteiger partial charge in [-0.2, -0.15) is 0 Å². The predicted octanol–water partition coefficient (Wildman–Crippen LogP) is 7.59. The van der Waals surface area contributed by atoms with Gasteiger partial charge in [-0.15, -0.1) is 0 Å². The molecule has 6 heteroatoms. The lowest BCUT2D eigenvalue weighted by atomic mass is 9.82. The summed E-state index contributed by atoms with van der Waals surface area (Å²) in [5, 5.41) is 22.1. The van der Waals surface area contributed by atoms with E-state index in [1.165, 1.54) is 24.0 Å². The van der Waals surface area contributed by atoms with Crippen molar-refractivity contribution in [1.29, 1.82) is 0 Å². The monoisotopic (exact) mass is 512 g/mol. The molecule has 4 fully saturated rings. The molecule has 2 unspecified atom stereocenters. The first-order valence-corrected chi connectivity index (χ1v) is 13.0. The Balaban J connectivity index is 0.000000135. The van der Waals surface area contributed by atoms with Gasteiger partial charge in [0.2, 0.25) is 0 Å². The molecule has 0 aromatic heterocycles. The summed E-state index contributed by atoms with van der Waals surface area (Å²) >= 11 is 24.2. The Morgan fingerprint density at radius 2 is 0.938 bits per heavy atom. The van der Waals surface area contributed by atoms with Crippen LogP contribution in [0.15, 0.2) is 36.4 Å². The minimum absolute atomic E-state index is 0.102. The zero-order valence-electron chi connectivity index (χ0n) is 17.8. The van der Waals surface area contributed by atoms with Crippen molar-refractivity contribution in [3.63, 3.8) is 0 Å². The maximum Gasteiger partial charge on any atom is 0.0543 e. The molecule has 2 nitrogen and oxygen atoms in total. The third kappa shape index (κ3) is 4.44. The maximum absolute atomic E-state index is 9.62. The first-order valence-electron chi connectivity index (χ1n) is 11.5. The molecule has 0 saturated heterocycles. The van der Waals surface area contributed by atoms with E-state index in [4.69, 9.17) is 46.4 Å². The van der Waals surface area contributed by atoms with Gasteiger partial charge in [0, 0.05) is 20.1 Å². The van der Waals surface area contributed by atoms with Crippen LogP contribution < -0.4 is 0 Å². The second kappa shape index (κ2) is 8.63. The molecule has 2 N–H and O–H groups in total. The van der Waals surface area contributed by atoms with E-state index in [0.29, 0.717) is 31.9 Å². The fraction of sp³-hybridized carbons (Fsp3) is 0.538. The Kier molecular flexibility index (Phi) is 6.27. The van der Waals surface area contributed by atoms with E-state index in [1.807, 2.05) is 24.3 Å². The maximum atomic E-state index is 9.62. The van der Waals surface area contributed by atoms with Crippen LogP contribution in [0.5, 0.6) is 0 Å². The highest BCUT2D eigenvalue weighted by atomic mass is 35.5. The third-order valence-electron chi connectivity index (χ3n) is 8.30. The highest BCUT2D eigenvalue weighted by Gasteiger charge is 2.58. The van der Waals surface area contributed by atoms with Crippen LogP contribution in [0.25, 0.3) is 0 Å². The second-order valence-electron chi connectivity index (χ2n) is 10.3. The molecule has 172 valence electrons. The Bertz CT molecular complexity index is 905. The van der Waals surface area contributed by atoms with Crippen molar-refractivity contribution in [3.8, 4) is 0 Å². The van der Waals surface area contributed by atoms with Gasteiger partial charge in [0.1, 0.15) is 0 Å². The minimum atomic E-state index is -0.102. The number of aliphatic hydroxyl groups excluding tert-OH is 2. The molecule has 6 atom stereocenters. The molecule has 0 aliphatic heterocycles. The molecule has 0 spiro atoms. The van der Waals surface area contributed by atoms with E-state index >= 15 is 0 Å². The SMILES string of the molecule is O[C@@H]1CC[C@]2(c3cc(Cl)cc(Cl)c3)CC2C1.O[C@H]1CC[C@]2(c3cc(Cl)cc(Cl)c3)CC2C1. The van der Waals surface area contributed by atoms with Crippen molar-refractivity contribution < 1.29 is 10.2 Å². The molecule has 2 aromatic carbocycles. The standard InChI is InChI=1S/2C13H14Cl2O/c2*14-10-3-8(4-11(15)6-10)13-2-1-12(16)5-9(13)7-13/h2*3-4,6,9,12,16H,1-2,5,7H2/t9?,12-,13+;9?,12-,13-/m01/s1. The molecule has 4 aliphatic carbocycles. The average Bonchev–Trinajstić information content (AvgIpc) is 3.60. The van der Waals surface area contributed by atoms with Gasteiger partial charge in [-0.05, 0) is 122 Å². The van der Waals surface area contributed by atoms with Gasteiger partial charge >= 0.3 is 0 Å². The summed E-state index contributed by atoms with van der Waals surface area (Å²) in [7, 11) is 0. The lowest BCUT2D eigenvalue weighted by molar-refractivity contribution is 0.119. The highest BCUT2D eigenvalue weighted by Crippen LogP contribution is 2.63. The topological polar surface area (TPSA) is 40.5 Å². The summed E-state index contributed by atoms with van der Waals surface area (Å²) in [6.45, 7) is 0. The van der Waals surface area contributed by atoms with E-state index in [0.717, 1.165) is 38.5 Å². The lowest BCUT2D eigenvalue weighted by Gasteiger charge is -2.26. The Hall–Kier alpha value is -0.480. The van der Waals surface area contributed by atoms with Crippen LogP contribution in [-0.2, 0) is 10.8 Å². The Morgan fingerprint density at radius 1 is 0.594 bits per heavy atom. The van der Waals surface area contributed by atoms with Crippen LogP contribution in [0, 0.1) is 11.8 Å². The fourth-order valence-electron chi connectivity index (χ4n) is 6.41. The summed E-state index contributed by atoms with van der Waals surface area (Å²) in [6, 6.07) is 11.7. The molecule has 6 rings (SSSR count). The van der Waals surface area contributed by atoms with Gasteiger partial charge < -0.3 is 10.2 Å². The predicted molar refractivity (Wildman–Crippen MR) is 132 cm³/mol. The summed E-state index contributed by atoms with van der Waals surface area (Å²) in [6.07, 6.45) is 7.97. The van der Waals surface area contributed by atoms with E-state index in [1.54, 1.807) is 12.1 Å². The number of rotatable bonds is 2. The largest absolute Gasteiger partial charge is 0.393 e. The number of hydrogen-bond donors (Lipinski definition) is 2. The van der Waals surface area contributed by atoms with Crippen molar-refractivity contribution in [2.75, 3.05) is 0 Å². The van der Waals surface area contributed by atoms with Crippen LogP contribution >= 0.6 is 46.4 Å². The van der Waals surface area contributed by atoms with Crippen LogP contribution in [-0.4, -0.2) is 22.4 Å². The molecular weight excluding hydrogens is 486 g/mol. The number of halogens is 4. The Labute approximate surface area is 209 Å². The summed E-state index contributed by atoms with van der Waals surface area (Å²) < 4.78 is 0. The van der Waals surface area contributed by atoms with Gasteiger partial charge in [-0.1, -0.05) is 46.4 Å². The smallest absolute Gasteiger partial charge is 0.0543 e. The van der Waals surface area contributed by atoms with Gasteiger partial charge in [-0.25, -0.2) is 0 Å². The summed E-state index contributed by atoms with van der Waals surface area (Å²) in [5.74, 6) is 1.26. The zero-order valence-corrected chi connectivity index (χ0v) is 20.9. The van der Waals surface area contributed by atoms with E-state index in [9.17, 15) is 10.2 Å². The number of aliphatic hydroxyl groups is 2. The molecule has 2 aromatic rings. The van der Waals surface area contributed by atoms with Crippen molar-refractivity contribution in [1.82, 2.24) is 0 Å². The summed E-state index contributed by atoms with van der Waals surface area (Å²) in [5.41, 5.74) is 3.07. The fourth-order valence-corrected chi connectivity index (χ4v) is 7.46. The molecular formula is C26H28Cl4O2. The van der Waals surface area contributed by atoms with Crippen LogP contribution in [0.2, 0.25) is 20.1 Å². The van der Waals surface area contributed by atoms with E-state index in [-0.39, 0.29) is 23.0 Å². The quantitative estimate of drug-likeness (QED) is 0.434. The van der Waals surface area contributed by atoms with Gasteiger partial charge in [0.25, 0.3) is 0 Å². The van der Waals surface area contributed by atoms with E-state index < -0.39 is 0 Å². The molecule has 0 heterocycles. The van der Waals surface area contributed by atoms with Crippen molar-refractivity contribution in [2.45, 2.75) is 74.4 Å². The summed E-state index contributed by atoms with van der Waals surface area (Å²) in [4.78, 5) is 0. The van der Waals surface area contributed by atoms with Crippen LogP contribution in [0.1, 0.15) is 62.5 Å². The molecule has 0 bridgehead atoms. The van der Waals surface area contributed by atoms with Gasteiger partial charge in [-0.3, -0.25) is 0 Å². The van der Waals surface area contributed by atoms with Crippen molar-refractivity contribution in [3.05, 3.63) is 67.6 Å². The van der Waals surface area contributed by atoms with Crippen molar-refractivity contribution >= 4 is 46.4 Å². The number of fused-ring (bicyclic) bond motifs is 2. The highest BCUT2D eigenvalue weighted by molar-refractivity contribution is 6.35. The van der Waals surface area contributed by atoms with E-state index in [2.05, 4.69) is 0 Å². The number of benzene rings is 2. The van der Waals surface area contributed by atoms with Crippen molar-refractivity contribution in [2.24, 2.45) is 11.8 Å². The molecule has 4 saturated carbocycles. The third-order valence-corrected chi connectivity index (χ3v) is 9.17. The lowest BCUT2D eigenvalue weighted by Crippen LogP contribution is -2.22. The first kappa shape index (κ1) is 23.3. The minimum Gasteiger partial charge on any atom is -0.393 e. The molecule has 4 aliphatic rings. The second-order valence-corrected chi connectivity index (χ2v) is 12.0. The first-order chi connectivity index (χ1) is 15.2. The molecule has 0 radical (unpaired) electrons. The number of hydrogen-bond acceptors (Lipinski definition) is 2. The average molecular weight is 514 g/mol. The normalized spacial score (nSPS) is 36.9. The van der Waals surface area contributed by atoms with Crippen LogP contribution in [0.4, 0.5) is 0 Å².